The molecule has 0 fully saturated rings. The number of nitro groups is 1. The molecule has 29 heavy (non-hydrogen) atoms. The van der Waals surface area contributed by atoms with E-state index in [1.54, 1.807) is 19.2 Å². The maximum Gasteiger partial charge on any atom is 0.285 e. The molecule has 0 spiro atoms. The topological polar surface area (TPSA) is 116 Å². The summed E-state index contributed by atoms with van der Waals surface area (Å²) in [6.07, 6.45) is 1.30. The second-order valence-corrected chi connectivity index (χ2v) is 5.80. The number of ether oxygens (including phenoxy) is 2. The van der Waals surface area contributed by atoms with E-state index >= 15 is 0 Å². The zero-order valence-corrected chi connectivity index (χ0v) is 15.4. The molecule has 0 bridgehead atoms. The Labute approximate surface area is 165 Å². The third kappa shape index (κ3) is 5.42. The molecule has 148 valence electrons. The summed E-state index contributed by atoms with van der Waals surface area (Å²) in [6.45, 7) is 0.317. The summed E-state index contributed by atoms with van der Waals surface area (Å²) in [6, 6.07) is 16.1. The number of hydrazone groups is 1. The van der Waals surface area contributed by atoms with Gasteiger partial charge in [0.05, 0.1) is 18.2 Å². The van der Waals surface area contributed by atoms with Crippen LogP contribution < -0.4 is 14.9 Å². The highest BCUT2D eigenvalue weighted by molar-refractivity contribution is 5.95. The van der Waals surface area contributed by atoms with Crippen molar-refractivity contribution in [1.82, 2.24) is 5.43 Å². The fraction of sp³-hybridized carbons (Fsp3) is 0.100. The van der Waals surface area contributed by atoms with Crippen molar-refractivity contribution in [3.63, 3.8) is 0 Å². The zero-order valence-electron chi connectivity index (χ0n) is 15.4. The maximum absolute atomic E-state index is 12.0. The van der Waals surface area contributed by atoms with E-state index in [0.717, 1.165) is 11.3 Å². The standard InChI is InChI=1S/C20H17N3O6/c1-27-17-7-5-14(6-8-17)13-28-19-10-9-18(29-19)12-21-22-20(24)15-3-2-4-16(11-15)23(25)26/h2-12H,13H2,1H3,(H,22,24)/b21-12+. The minimum Gasteiger partial charge on any atom is -0.497 e. The predicted molar refractivity (Wildman–Crippen MR) is 104 cm³/mol. The number of benzene rings is 2. The van der Waals surface area contributed by atoms with E-state index in [-0.39, 0.29) is 11.3 Å². The van der Waals surface area contributed by atoms with Crippen LogP contribution in [0.4, 0.5) is 5.69 Å². The van der Waals surface area contributed by atoms with Crippen molar-refractivity contribution in [2.24, 2.45) is 5.10 Å². The minimum atomic E-state index is -0.576. The fourth-order valence-corrected chi connectivity index (χ4v) is 2.34. The van der Waals surface area contributed by atoms with Gasteiger partial charge in [-0.15, -0.1) is 0 Å². The lowest BCUT2D eigenvalue weighted by Gasteiger charge is -2.04. The summed E-state index contributed by atoms with van der Waals surface area (Å²) in [5.41, 5.74) is 3.18. The van der Waals surface area contributed by atoms with Crippen LogP contribution >= 0.6 is 0 Å². The smallest absolute Gasteiger partial charge is 0.285 e. The Hall–Kier alpha value is -4.14. The molecule has 1 amide bonds. The first-order chi connectivity index (χ1) is 14.0. The molecule has 1 heterocycles. The van der Waals surface area contributed by atoms with E-state index in [0.29, 0.717) is 18.3 Å². The summed E-state index contributed by atoms with van der Waals surface area (Å²) >= 11 is 0. The van der Waals surface area contributed by atoms with Gasteiger partial charge >= 0.3 is 0 Å². The molecule has 0 radical (unpaired) electrons. The second-order valence-electron chi connectivity index (χ2n) is 5.80. The third-order valence-electron chi connectivity index (χ3n) is 3.82. The molecule has 3 aromatic rings. The van der Waals surface area contributed by atoms with Crippen LogP contribution in [0.15, 0.2) is 70.2 Å². The first kappa shape index (κ1) is 19.6. The Kier molecular flexibility index (Phi) is 6.21. The Bertz CT molecular complexity index is 1030. The van der Waals surface area contributed by atoms with Gasteiger partial charge < -0.3 is 13.9 Å². The number of rotatable bonds is 8. The number of methoxy groups -OCH3 is 1. The summed E-state index contributed by atoms with van der Waals surface area (Å²) in [5.74, 6) is 0.853. The molecule has 0 aliphatic heterocycles. The highest BCUT2D eigenvalue weighted by Gasteiger charge is 2.10. The second kappa shape index (κ2) is 9.18. The number of carbonyl (C=O) groups excluding carboxylic acids is 1. The van der Waals surface area contributed by atoms with Gasteiger partial charge in [-0.2, -0.15) is 5.10 Å². The molecule has 1 N–H and O–H groups in total. The van der Waals surface area contributed by atoms with Crippen LogP contribution in [0.1, 0.15) is 21.7 Å². The number of amides is 1. The van der Waals surface area contributed by atoms with Gasteiger partial charge in [0, 0.05) is 23.8 Å². The number of nitrogens with one attached hydrogen (secondary N) is 1. The third-order valence-corrected chi connectivity index (χ3v) is 3.82. The average Bonchev–Trinajstić information content (AvgIpc) is 3.20. The Balaban J connectivity index is 1.52. The van der Waals surface area contributed by atoms with Gasteiger partial charge in [-0.05, 0) is 29.8 Å². The van der Waals surface area contributed by atoms with E-state index in [1.807, 2.05) is 24.3 Å². The SMILES string of the molecule is COc1ccc(COc2ccc(/C=N/NC(=O)c3cccc([N+](=O)[O-])c3)o2)cc1. The maximum atomic E-state index is 12.0. The highest BCUT2D eigenvalue weighted by Crippen LogP contribution is 2.18. The van der Waals surface area contributed by atoms with Crippen LogP contribution in [0.3, 0.4) is 0 Å². The molecule has 0 atom stereocenters. The predicted octanol–water partition coefficient (Wildman–Crippen LogP) is 3.54. The van der Waals surface area contributed by atoms with Crippen molar-refractivity contribution in [1.29, 1.82) is 0 Å². The molecule has 0 unspecified atom stereocenters. The van der Waals surface area contributed by atoms with Crippen LogP contribution in [-0.4, -0.2) is 24.2 Å². The molecule has 2 aromatic carbocycles. The fourth-order valence-electron chi connectivity index (χ4n) is 2.34. The Morgan fingerprint density at radius 1 is 1.21 bits per heavy atom. The first-order valence-electron chi connectivity index (χ1n) is 8.48. The Morgan fingerprint density at radius 3 is 2.72 bits per heavy atom. The van der Waals surface area contributed by atoms with Crippen LogP contribution in [0.2, 0.25) is 0 Å². The van der Waals surface area contributed by atoms with Crippen molar-refractivity contribution in [2.75, 3.05) is 7.11 Å². The lowest BCUT2D eigenvalue weighted by molar-refractivity contribution is -0.384. The number of carbonyl (C=O) groups is 1. The summed E-state index contributed by atoms with van der Waals surface area (Å²) in [4.78, 5) is 22.2. The summed E-state index contributed by atoms with van der Waals surface area (Å²) in [5, 5.41) is 14.5. The summed E-state index contributed by atoms with van der Waals surface area (Å²) in [7, 11) is 1.60. The molecule has 9 heteroatoms. The van der Waals surface area contributed by atoms with Crippen molar-refractivity contribution in [3.8, 4) is 11.7 Å². The Morgan fingerprint density at radius 2 is 2.00 bits per heavy atom. The van der Waals surface area contributed by atoms with Gasteiger partial charge in [-0.25, -0.2) is 5.43 Å². The summed E-state index contributed by atoms with van der Waals surface area (Å²) < 4.78 is 16.1. The minimum absolute atomic E-state index is 0.124. The molecular weight excluding hydrogens is 378 g/mol. The largest absolute Gasteiger partial charge is 0.497 e. The number of non-ortho nitro benzene ring substituents is 1. The lowest BCUT2D eigenvalue weighted by atomic mass is 10.2. The lowest BCUT2D eigenvalue weighted by Crippen LogP contribution is -2.17. The number of hydrogen-bond acceptors (Lipinski definition) is 7. The van der Waals surface area contributed by atoms with E-state index in [2.05, 4.69) is 10.5 Å². The first-order valence-corrected chi connectivity index (χ1v) is 8.48. The van der Waals surface area contributed by atoms with Gasteiger partial charge in [0.1, 0.15) is 12.4 Å². The molecule has 0 aliphatic rings. The number of furan rings is 1. The van der Waals surface area contributed by atoms with Crippen LogP contribution in [0.25, 0.3) is 0 Å². The van der Waals surface area contributed by atoms with Crippen LogP contribution in [0.5, 0.6) is 11.7 Å². The van der Waals surface area contributed by atoms with Crippen LogP contribution in [0, 0.1) is 10.1 Å². The van der Waals surface area contributed by atoms with E-state index < -0.39 is 10.8 Å². The molecule has 3 rings (SSSR count). The number of nitro benzene ring substituents is 1. The average molecular weight is 395 g/mol. The van der Waals surface area contributed by atoms with Crippen molar-refractivity contribution in [2.45, 2.75) is 6.61 Å². The van der Waals surface area contributed by atoms with Crippen molar-refractivity contribution < 1.29 is 23.6 Å². The van der Waals surface area contributed by atoms with Crippen molar-refractivity contribution >= 4 is 17.8 Å². The quantitative estimate of drug-likeness (QED) is 0.354. The molecule has 1 aromatic heterocycles. The van der Waals surface area contributed by atoms with Crippen molar-refractivity contribution in [3.05, 3.63) is 87.7 Å². The molecule has 9 nitrogen and oxygen atoms in total. The highest BCUT2D eigenvalue weighted by atomic mass is 16.6. The number of nitrogens with zero attached hydrogens (tertiary/aromatic N) is 2. The van der Waals surface area contributed by atoms with Gasteiger partial charge in [0.15, 0.2) is 5.76 Å². The zero-order chi connectivity index (χ0) is 20.6. The number of hydrogen-bond donors (Lipinski definition) is 1. The van der Waals surface area contributed by atoms with E-state index in [9.17, 15) is 14.9 Å². The molecule has 0 aliphatic carbocycles. The van der Waals surface area contributed by atoms with Gasteiger partial charge in [-0.3, -0.25) is 14.9 Å². The van der Waals surface area contributed by atoms with Crippen LogP contribution in [-0.2, 0) is 6.61 Å². The normalized spacial score (nSPS) is 10.7. The van der Waals surface area contributed by atoms with Gasteiger partial charge in [0.2, 0.25) is 0 Å². The van der Waals surface area contributed by atoms with E-state index in [1.165, 1.54) is 30.5 Å². The van der Waals surface area contributed by atoms with Gasteiger partial charge in [-0.1, -0.05) is 18.2 Å². The molecule has 0 saturated carbocycles. The molecular formula is C20H17N3O6. The molecule has 0 saturated heterocycles. The van der Waals surface area contributed by atoms with E-state index in [4.69, 9.17) is 13.9 Å². The van der Waals surface area contributed by atoms with Gasteiger partial charge in [0.25, 0.3) is 17.5 Å². The monoisotopic (exact) mass is 395 g/mol.